The number of carbonyl (C=O) groups excluding carboxylic acids is 2. The molecule has 0 fully saturated rings. The molecular formula is C18H16N2O5S. The van der Waals surface area contributed by atoms with E-state index in [1.807, 2.05) is 0 Å². The monoisotopic (exact) mass is 372 g/mol. The summed E-state index contributed by atoms with van der Waals surface area (Å²) in [6.07, 6.45) is 0. The number of carbonyl (C=O) groups is 2. The topological polar surface area (TPSA) is 97.6 Å². The van der Waals surface area contributed by atoms with E-state index in [4.69, 9.17) is 4.74 Å². The number of hydrogen-bond acceptors (Lipinski definition) is 6. The molecule has 1 aromatic carbocycles. The molecule has 134 valence electrons. The quantitative estimate of drug-likeness (QED) is 0.687. The largest absolute Gasteiger partial charge is 0.505 e. The van der Waals surface area contributed by atoms with Crippen molar-refractivity contribution >= 4 is 39.1 Å². The first-order valence-corrected chi connectivity index (χ1v) is 8.69. The van der Waals surface area contributed by atoms with Crippen LogP contribution in [0.3, 0.4) is 0 Å². The van der Waals surface area contributed by atoms with Gasteiger partial charge in [-0.3, -0.25) is 9.59 Å². The highest BCUT2D eigenvalue weighted by Crippen LogP contribution is 2.31. The number of aromatic nitrogens is 1. The number of benzene rings is 1. The molecule has 2 heterocycles. The van der Waals surface area contributed by atoms with Gasteiger partial charge in [0.15, 0.2) is 5.75 Å². The molecule has 2 aromatic heterocycles. The number of ether oxygens (including phenoxy) is 1. The normalized spacial score (nSPS) is 10.7. The van der Waals surface area contributed by atoms with E-state index in [1.54, 1.807) is 30.5 Å². The maximum absolute atomic E-state index is 12.7. The third-order valence-corrected chi connectivity index (χ3v) is 4.88. The summed E-state index contributed by atoms with van der Waals surface area (Å²) in [4.78, 5) is 37.3. The number of fused-ring (bicyclic) bond motifs is 1. The van der Waals surface area contributed by atoms with Crippen molar-refractivity contribution in [1.29, 1.82) is 0 Å². The predicted octanol–water partition coefficient (Wildman–Crippen LogP) is 2.83. The Morgan fingerprint density at radius 3 is 2.69 bits per heavy atom. The zero-order valence-electron chi connectivity index (χ0n) is 14.1. The number of methoxy groups -OCH3 is 1. The number of nitrogens with one attached hydrogen (secondary N) is 1. The summed E-state index contributed by atoms with van der Waals surface area (Å²) < 4.78 is 6.57. The molecule has 8 heteroatoms. The Bertz CT molecular complexity index is 1070. The first kappa shape index (κ1) is 17.7. The lowest BCUT2D eigenvalue weighted by molar-refractivity contribution is 0.0602. The van der Waals surface area contributed by atoms with Crippen LogP contribution in [0, 0.1) is 0 Å². The van der Waals surface area contributed by atoms with Crippen LogP contribution in [0.1, 0.15) is 27.6 Å². The van der Waals surface area contributed by atoms with Gasteiger partial charge >= 0.3 is 5.97 Å². The number of aryl methyl sites for hydroxylation is 1. The number of esters is 1. The molecule has 1 amide bonds. The lowest BCUT2D eigenvalue weighted by Gasteiger charge is -2.12. The summed E-state index contributed by atoms with van der Waals surface area (Å²) in [5, 5.41) is 14.7. The molecule has 0 saturated heterocycles. The number of rotatable bonds is 4. The van der Waals surface area contributed by atoms with Gasteiger partial charge in [-0.25, -0.2) is 4.79 Å². The summed E-state index contributed by atoms with van der Waals surface area (Å²) in [5.41, 5.74) is -0.0368. The second-order valence-electron chi connectivity index (χ2n) is 5.40. The van der Waals surface area contributed by atoms with Crippen LogP contribution < -0.4 is 10.9 Å². The number of hydrogen-bond donors (Lipinski definition) is 2. The molecule has 3 aromatic rings. The lowest BCUT2D eigenvalue weighted by atomic mass is 10.1. The summed E-state index contributed by atoms with van der Waals surface area (Å²) >= 11 is 1.24. The van der Waals surface area contributed by atoms with Gasteiger partial charge in [-0.1, -0.05) is 12.1 Å². The lowest BCUT2D eigenvalue weighted by Crippen LogP contribution is -2.29. The van der Waals surface area contributed by atoms with Gasteiger partial charge in [0.2, 0.25) is 0 Å². The summed E-state index contributed by atoms with van der Waals surface area (Å²) in [7, 11) is 1.23. The van der Waals surface area contributed by atoms with E-state index in [9.17, 15) is 19.5 Å². The van der Waals surface area contributed by atoms with E-state index < -0.39 is 17.4 Å². The Labute approximate surface area is 152 Å². The zero-order valence-corrected chi connectivity index (χ0v) is 14.9. The van der Waals surface area contributed by atoms with Gasteiger partial charge in [0.1, 0.15) is 5.56 Å². The number of nitrogens with zero attached hydrogens (tertiary/aromatic N) is 1. The maximum Gasteiger partial charge on any atom is 0.339 e. The molecule has 3 rings (SSSR count). The zero-order chi connectivity index (χ0) is 18.8. The average Bonchev–Trinajstić information content (AvgIpc) is 3.12. The maximum atomic E-state index is 12.7. The van der Waals surface area contributed by atoms with E-state index in [2.05, 4.69) is 5.32 Å². The van der Waals surface area contributed by atoms with Crippen molar-refractivity contribution in [2.24, 2.45) is 0 Å². The predicted molar refractivity (Wildman–Crippen MR) is 99.2 cm³/mol. The summed E-state index contributed by atoms with van der Waals surface area (Å²) in [5.74, 6) is -1.77. The Hall–Kier alpha value is -3.13. The van der Waals surface area contributed by atoms with E-state index in [0.29, 0.717) is 16.8 Å². The molecule has 0 saturated carbocycles. The van der Waals surface area contributed by atoms with Crippen LogP contribution in [0.2, 0.25) is 0 Å². The summed E-state index contributed by atoms with van der Waals surface area (Å²) in [6.45, 7) is 2.13. The molecule has 0 spiro atoms. The van der Waals surface area contributed by atoms with Crippen LogP contribution in [0.4, 0.5) is 5.69 Å². The van der Waals surface area contributed by atoms with Crippen molar-refractivity contribution in [2.45, 2.75) is 13.5 Å². The standard InChI is InChI=1S/C18H16N2O5S/c1-3-20-12-8-9-26-15(12)14(21)13(17(20)23)16(22)19-11-7-5-4-6-10(11)18(24)25-2/h4-9,21H,3H2,1-2H3,(H,19,22). The Morgan fingerprint density at radius 1 is 1.27 bits per heavy atom. The number of aromatic hydroxyl groups is 1. The number of anilines is 1. The van der Waals surface area contributed by atoms with Gasteiger partial charge in [0, 0.05) is 6.54 Å². The van der Waals surface area contributed by atoms with E-state index >= 15 is 0 Å². The molecule has 26 heavy (non-hydrogen) atoms. The molecule has 0 radical (unpaired) electrons. The third-order valence-electron chi connectivity index (χ3n) is 3.97. The SMILES string of the molecule is CCn1c(=O)c(C(=O)Nc2ccccc2C(=O)OC)c(O)c2sccc21. The van der Waals surface area contributed by atoms with Crippen LogP contribution in [0.25, 0.3) is 10.2 Å². The van der Waals surface area contributed by atoms with Crippen molar-refractivity contribution in [3.63, 3.8) is 0 Å². The van der Waals surface area contributed by atoms with Gasteiger partial charge < -0.3 is 19.7 Å². The Kier molecular flexibility index (Phi) is 4.77. The van der Waals surface area contributed by atoms with E-state index in [1.165, 1.54) is 35.1 Å². The van der Waals surface area contributed by atoms with E-state index in [0.717, 1.165) is 0 Å². The fourth-order valence-corrected chi connectivity index (χ4v) is 3.58. The van der Waals surface area contributed by atoms with Crippen molar-refractivity contribution < 1.29 is 19.4 Å². The van der Waals surface area contributed by atoms with Crippen LogP contribution in [-0.2, 0) is 11.3 Å². The van der Waals surface area contributed by atoms with Crippen molar-refractivity contribution in [1.82, 2.24) is 4.57 Å². The molecule has 0 bridgehead atoms. The van der Waals surface area contributed by atoms with Crippen LogP contribution in [0.15, 0.2) is 40.5 Å². The minimum Gasteiger partial charge on any atom is -0.505 e. The van der Waals surface area contributed by atoms with Crippen LogP contribution in [0.5, 0.6) is 5.75 Å². The molecule has 0 aliphatic carbocycles. The number of amides is 1. The molecule has 0 aliphatic heterocycles. The minimum absolute atomic E-state index is 0.149. The number of para-hydroxylation sites is 1. The van der Waals surface area contributed by atoms with E-state index in [-0.39, 0.29) is 22.6 Å². The molecule has 0 aliphatic rings. The van der Waals surface area contributed by atoms with Crippen LogP contribution in [-0.4, -0.2) is 28.7 Å². The van der Waals surface area contributed by atoms with Crippen LogP contribution >= 0.6 is 11.3 Å². The number of thiophene rings is 1. The van der Waals surface area contributed by atoms with Gasteiger partial charge in [0.05, 0.1) is 28.6 Å². The molecule has 2 N–H and O–H groups in total. The minimum atomic E-state index is -0.790. The second kappa shape index (κ2) is 7.01. The Morgan fingerprint density at radius 2 is 2.00 bits per heavy atom. The van der Waals surface area contributed by atoms with Crippen molar-refractivity contribution in [2.75, 3.05) is 12.4 Å². The fraction of sp³-hybridized carbons (Fsp3) is 0.167. The number of pyridine rings is 1. The average molecular weight is 372 g/mol. The first-order chi connectivity index (χ1) is 12.5. The molecule has 7 nitrogen and oxygen atoms in total. The fourth-order valence-electron chi connectivity index (χ4n) is 2.73. The van der Waals surface area contributed by atoms with Crippen molar-refractivity contribution in [3.05, 3.63) is 57.2 Å². The highest BCUT2D eigenvalue weighted by Gasteiger charge is 2.24. The smallest absolute Gasteiger partial charge is 0.339 e. The van der Waals surface area contributed by atoms with Crippen molar-refractivity contribution in [3.8, 4) is 5.75 Å². The van der Waals surface area contributed by atoms with Gasteiger partial charge in [0.25, 0.3) is 11.5 Å². The Balaban J connectivity index is 2.10. The van der Waals surface area contributed by atoms with Gasteiger partial charge in [-0.2, -0.15) is 0 Å². The second-order valence-corrected chi connectivity index (χ2v) is 6.32. The first-order valence-electron chi connectivity index (χ1n) is 7.81. The summed E-state index contributed by atoms with van der Waals surface area (Å²) in [6, 6.07) is 7.99. The van der Waals surface area contributed by atoms with Gasteiger partial charge in [-0.05, 0) is 30.5 Å². The molecule has 0 unspecified atom stereocenters. The highest BCUT2D eigenvalue weighted by molar-refractivity contribution is 7.17. The third kappa shape index (κ3) is 2.84. The molecule has 0 atom stereocenters. The highest BCUT2D eigenvalue weighted by atomic mass is 32.1. The molecular weight excluding hydrogens is 356 g/mol. The van der Waals surface area contributed by atoms with Gasteiger partial charge in [-0.15, -0.1) is 11.3 Å².